The van der Waals surface area contributed by atoms with Crippen LogP contribution in [-0.4, -0.2) is 24.2 Å². The molecule has 0 unspecified atom stereocenters. The Bertz CT molecular complexity index is 386. The minimum Gasteiger partial charge on any atom is -0.497 e. The number of carboxylic acid groups (broad SMARTS) is 1. The molecule has 0 amide bonds. The Morgan fingerprint density at radius 3 is 2.38 bits per heavy atom. The van der Waals surface area contributed by atoms with Gasteiger partial charge in [-0.2, -0.15) is 0 Å². The summed E-state index contributed by atoms with van der Waals surface area (Å²) in [6, 6.07) is 0.623. The van der Waals surface area contributed by atoms with Gasteiger partial charge in [0.1, 0.15) is 23.4 Å². The third-order valence-electron chi connectivity index (χ3n) is 2.09. The van der Waals surface area contributed by atoms with Crippen molar-refractivity contribution >= 4 is 5.97 Å². The molecule has 0 aromatic heterocycles. The lowest BCUT2D eigenvalue weighted by Crippen LogP contribution is -2.32. The van der Waals surface area contributed by atoms with Crippen LogP contribution in [0.25, 0.3) is 0 Å². The largest absolute Gasteiger partial charge is 0.497 e. The normalized spacial score (nSPS) is 12.2. The maximum absolute atomic E-state index is 13.4. The van der Waals surface area contributed by atoms with Crippen molar-refractivity contribution in [1.29, 1.82) is 0 Å². The monoisotopic (exact) mass is 231 g/mol. The smallest absolute Gasteiger partial charge is 0.320 e. The fourth-order valence-electron chi connectivity index (χ4n) is 1.20. The van der Waals surface area contributed by atoms with Crippen molar-refractivity contribution in [2.24, 2.45) is 5.73 Å². The van der Waals surface area contributed by atoms with Crippen molar-refractivity contribution in [3.05, 3.63) is 29.3 Å². The minimum atomic E-state index is -1.34. The van der Waals surface area contributed by atoms with E-state index >= 15 is 0 Å². The topological polar surface area (TPSA) is 72.5 Å². The predicted molar refractivity (Wildman–Crippen MR) is 52.2 cm³/mol. The summed E-state index contributed by atoms with van der Waals surface area (Å²) in [6.07, 6.45) is -0.406. The zero-order valence-corrected chi connectivity index (χ0v) is 8.54. The van der Waals surface area contributed by atoms with Crippen LogP contribution in [0.3, 0.4) is 0 Å². The van der Waals surface area contributed by atoms with Crippen LogP contribution in [0.5, 0.6) is 5.75 Å². The van der Waals surface area contributed by atoms with Gasteiger partial charge in [0, 0.05) is 24.1 Å². The van der Waals surface area contributed by atoms with Gasteiger partial charge in [-0.1, -0.05) is 0 Å². The molecule has 1 rings (SSSR count). The molecule has 0 heterocycles. The van der Waals surface area contributed by atoms with Crippen molar-refractivity contribution < 1.29 is 23.4 Å². The van der Waals surface area contributed by atoms with E-state index in [1.54, 1.807) is 0 Å². The second-order valence-corrected chi connectivity index (χ2v) is 3.22. The molecule has 0 saturated carbocycles. The second kappa shape index (κ2) is 4.89. The minimum absolute atomic E-state index is 0.0302. The maximum Gasteiger partial charge on any atom is 0.320 e. The van der Waals surface area contributed by atoms with Gasteiger partial charge >= 0.3 is 5.97 Å². The molecule has 0 aliphatic rings. The predicted octanol–water partition coefficient (Wildman–Crippen LogP) is 0.928. The Balaban J connectivity index is 3.01. The Morgan fingerprint density at radius 1 is 1.50 bits per heavy atom. The highest BCUT2D eigenvalue weighted by Crippen LogP contribution is 2.21. The van der Waals surface area contributed by atoms with Crippen molar-refractivity contribution in [3.63, 3.8) is 0 Å². The Hall–Kier alpha value is -1.69. The van der Waals surface area contributed by atoms with E-state index in [2.05, 4.69) is 4.74 Å². The first-order valence-corrected chi connectivity index (χ1v) is 4.46. The highest BCUT2D eigenvalue weighted by molar-refractivity contribution is 5.73. The number of hydrogen-bond donors (Lipinski definition) is 2. The van der Waals surface area contributed by atoms with E-state index in [-0.39, 0.29) is 11.3 Å². The summed E-state index contributed by atoms with van der Waals surface area (Å²) in [5.74, 6) is -3.01. The summed E-state index contributed by atoms with van der Waals surface area (Å²) in [5.41, 5.74) is 4.84. The number of halogens is 2. The number of benzene rings is 1. The summed E-state index contributed by atoms with van der Waals surface area (Å²) >= 11 is 0. The van der Waals surface area contributed by atoms with Crippen LogP contribution < -0.4 is 10.5 Å². The molecule has 6 heteroatoms. The molecule has 3 N–H and O–H groups in total. The van der Waals surface area contributed by atoms with Gasteiger partial charge in [0.05, 0.1) is 7.11 Å². The fraction of sp³-hybridized carbons (Fsp3) is 0.300. The quantitative estimate of drug-likeness (QED) is 0.808. The molecule has 0 saturated heterocycles. The molecule has 88 valence electrons. The number of ether oxygens (including phenoxy) is 1. The summed E-state index contributed by atoms with van der Waals surface area (Å²) in [6.45, 7) is 0. The standard InChI is InChI=1S/C10H11F2NO3/c1-16-5-2-7(11)6(8(12)3-5)4-9(13)10(14)15/h2-3,9H,4,13H2,1H3,(H,14,15)/t9-/m0/s1. The van der Waals surface area contributed by atoms with Gasteiger partial charge in [0.2, 0.25) is 0 Å². The van der Waals surface area contributed by atoms with Crippen molar-refractivity contribution in [1.82, 2.24) is 0 Å². The van der Waals surface area contributed by atoms with Gasteiger partial charge in [-0.3, -0.25) is 4.79 Å². The van der Waals surface area contributed by atoms with Crippen molar-refractivity contribution in [2.45, 2.75) is 12.5 Å². The van der Waals surface area contributed by atoms with Crippen molar-refractivity contribution in [3.8, 4) is 5.75 Å². The molecular formula is C10H11F2NO3. The van der Waals surface area contributed by atoms with Crippen LogP contribution >= 0.6 is 0 Å². The van der Waals surface area contributed by atoms with Crippen molar-refractivity contribution in [2.75, 3.05) is 7.11 Å². The highest BCUT2D eigenvalue weighted by Gasteiger charge is 2.19. The van der Waals surface area contributed by atoms with Crippen LogP contribution in [0, 0.1) is 11.6 Å². The number of hydrogen-bond acceptors (Lipinski definition) is 3. The van der Waals surface area contributed by atoms with Crippen LogP contribution in [0.1, 0.15) is 5.56 Å². The molecular weight excluding hydrogens is 220 g/mol. The number of methoxy groups -OCH3 is 1. The van der Waals surface area contributed by atoms with Crippen LogP contribution in [0.4, 0.5) is 8.78 Å². The van der Waals surface area contributed by atoms with E-state index in [0.29, 0.717) is 0 Å². The van der Waals surface area contributed by atoms with Gasteiger partial charge in [-0.25, -0.2) is 8.78 Å². The third-order valence-corrected chi connectivity index (χ3v) is 2.09. The molecule has 0 aliphatic heterocycles. The molecule has 1 atom stereocenters. The highest BCUT2D eigenvalue weighted by atomic mass is 19.1. The number of nitrogens with two attached hydrogens (primary N) is 1. The molecule has 0 fully saturated rings. The molecule has 0 bridgehead atoms. The molecule has 1 aromatic rings. The van der Waals surface area contributed by atoms with E-state index in [1.165, 1.54) is 7.11 Å². The van der Waals surface area contributed by atoms with Gasteiger partial charge in [0.25, 0.3) is 0 Å². The Labute approximate surface area is 90.6 Å². The molecule has 4 nitrogen and oxygen atoms in total. The number of carbonyl (C=O) groups is 1. The van der Waals surface area contributed by atoms with E-state index in [9.17, 15) is 13.6 Å². The van der Waals surface area contributed by atoms with Gasteiger partial charge < -0.3 is 15.6 Å². The maximum atomic E-state index is 13.4. The Morgan fingerprint density at radius 2 is 2.00 bits per heavy atom. The average molecular weight is 231 g/mol. The summed E-state index contributed by atoms with van der Waals surface area (Å²) < 4.78 is 31.4. The first-order chi connectivity index (χ1) is 7.45. The van der Waals surface area contributed by atoms with E-state index in [1.807, 2.05) is 0 Å². The van der Waals surface area contributed by atoms with E-state index in [0.717, 1.165) is 12.1 Å². The van der Waals surface area contributed by atoms with Gasteiger partial charge in [-0.15, -0.1) is 0 Å². The molecule has 16 heavy (non-hydrogen) atoms. The van der Waals surface area contributed by atoms with Crippen LogP contribution in [0.15, 0.2) is 12.1 Å². The number of carboxylic acids is 1. The SMILES string of the molecule is COc1cc(F)c(C[C@H](N)C(=O)O)c(F)c1. The lowest BCUT2D eigenvalue weighted by molar-refractivity contribution is -0.138. The second-order valence-electron chi connectivity index (χ2n) is 3.22. The van der Waals surface area contributed by atoms with Crippen LogP contribution in [-0.2, 0) is 11.2 Å². The van der Waals surface area contributed by atoms with Gasteiger partial charge in [0.15, 0.2) is 0 Å². The summed E-state index contributed by atoms with van der Waals surface area (Å²) in [5, 5.41) is 8.53. The zero-order valence-electron chi connectivity index (χ0n) is 8.54. The Kier molecular flexibility index (Phi) is 3.78. The molecule has 0 spiro atoms. The average Bonchev–Trinajstić information content (AvgIpc) is 2.22. The molecule has 0 radical (unpaired) electrons. The first-order valence-electron chi connectivity index (χ1n) is 4.46. The van der Waals surface area contributed by atoms with Gasteiger partial charge in [-0.05, 0) is 0 Å². The van der Waals surface area contributed by atoms with E-state index in [4.69, 9.17) is 10.8 Å². The van der Waals surface area contributed by atoms with Crippen LogP contribution in [0.2, 0.25) is 0 Å². The molecule has 0 aliphatic carbocycles. The first kappa shape index (κ1) is 12.4. The third kappa shape index (κ3) is 2.66. The number of rotatable bonds is 4. The summed E-state index contributed by atoms with van der Waals surface area (Å²) in [4.78, 5) is 10.5. The molecule has 1 aromatic carbocycles. The summed E-state index contributed by atoms with van der Waals surface area (Å²) in [7, 11) is 1.27. The fourth-order valence-corrected chi connectivity index (χ4v) is 1.20. The lowest BCUT2D eigenvalue weighted by Gasteiger charge is -2.10. The van der Waals surface area contributed by atoms with E-state index < -0.39 is 30.1 Å². The number of aliphatic carboxylic acids is 1. The zero-order chi connectivity index (χ0) is 12.3. The lowest BCUT2D eigenvalue weighted by atomic mass is 10.1.